The van der Waals surface area contributed by atoms with Crippen molar-refractivity contribution in [1.82, 2.24) is 10.6 Å². The lowest BCUT2D eigenvalue weighted by Gasteiger charge is -2.11. The predicted molar refractivity (Wildman–Crippen MR) is 109 cm³/mol. The van der Waals surface area contributed by atoms with E-state index < -0.39 is 23.8 Å². The highest BCUT2D eigenvalue weighted by Crippen LogP contribution is 2.15. The van der Waals surface area contributed by atoms with E-state index in [1.165, 1.54) is 19.9 Å². The zero-order valence-electron chi connectivity index (χ0n) is 16.6. The first-order chi connectivity index (χ1) is 14.3. The summed E-state index contributed by atoms with van der Waals surface area (Å²) in [6.45, 7) is 2.67. The molecule has 0 heterocycles. The van der Waals surface area contributed by atoms with Gasteiger partial charge in [0.1, 0.15) is 18.1 Å². The molecule has 0 aliphatic rings. The maximum absolute atomic E-state index is 12.6. The van der Waals surface area contributed by atoms with Gasteiger partial charge in [-0.05, 0) is 35.9 Å². The monoisotopic (exact) mass is 410 g/mol. The molecule has 0 aliphatic heterocycles. The number of esters is 2. The predicted octanol–water partition coefficient (Wildman–Crippen LogP) is 2.06. The summed E-state index contributed by atoms with van der Waals surface area (Å²) in [6.07, 6.45) is 1.49. The largest absolute Gasteiger partial charge is 0.464 e. The highest BCUT2D eigenvalue weighted by molar-refractivity contribution is 6.05. The molecule has 30 heavy (non-hydrogen) atoms. The van der Waals surface area contributed by atoms with E-state index in [9.17, 15) is 19.2 Å². The molecule has 8 nitrogen and oxygen atoms in total. The van der Waals surface area contributed by atoms with Gasteiger partial charge in [-0.3, -0.25) is 19.2 Å². The van der Waals surface area contributed by atoms with Crippen LogP contribution in [0.15, 0.2) is 60.3 Å². The third-order valence-corrected chi connectivity index (χ3v) is 3.67. The molecular weight excluding hydrogens is 388 g/mol. The molecule has 0 saturated carbocycles. The molecule has 156 valence electrons. The molecule has 2 aromatic carbocycles. The Balaban J connectivity index is 2.17. The van der Waals surface area contributed by atoms with Crippen molar-refractivity contribution < 1.29 is 28.7 Å². The lowest BCUT2D eigenvalue weighted by molar-refractivity contribution is -0.141. The van der Waals surface area contributed by atoms with Crippen LogP contribution in [0.5, 0.6) is 5.75 Å². The number of rotatable bonds is 8. The van der Waals surface area contributed by atoms with Crippen LogP contribution in [0.25, 0.3) is 6.08 Å². The Morgan fingerprint density at radius 2 is 1.57 bits per heavy atom. The molecule has 0 aliphatic carbocycles. The molecule has 0 aromatic heterocycles. The average Bonchev–Trinajstić information content (AvgIpc) is 2.72. The summed E-state index contributed by atoms with van der Waals surface area (Å²) < 4.78 is 9.76. The quantitative estimate of drug-likeness (QED) is 0.298. The van der Waals surface area contributed by atoms with E-state index in [2.05, 4.69) is 10.6 Å². The van der Waals surface area contributed by atoms with Crippen LogP contribution >= 0.6 is 0 Å². The summed E-state index contributed by atoms with van der Waals surface area (Å²) in [4.78, 5) is 46.9. The third-order valence-electron chi connectivity index (χ3n) is 3.67. The van der Waals surface area contributed by atoms with Crippen LogP contribution in [0.3, 0.4) is 0 Å². The van der Waals surface area contributed by atoms with E-state index in [1.807, 2.05) is 0 Å². The van der Waals surface area contributed by atoms with Crippen LogP contribution in [-0.4, -0.2) is 36.9 Å². The summed E-state index contributed by atoms with van der Waals surface area (Å²) >= 11 is 0. The SMILES string of the molecule is CC(=O)OCCNC(=O)C(=Cc1ccc(OC(C)=O)cc1)NC(=O)c1ccccc1. The van der Waals surface area contributed by atoms with E-state index in [4.69, 9.17) is 9.47 Å². The number of benzene rings is 2. The second kappa shape index (κ2) is 11.2. The molecule has 8 heteroatoms. The number of carbonyl (C=O) groups is 4. The van der Waals surface area contributed by atoms with Gasteiger partial charge in [0, 0.05) is 19.4 Å². The standard InChI is InChI=1S/C22H22N2O6/c1-15(25)29-13-12-23-22(28)20(24-21(27)18-6-4-3-5-7-18)14-17-8-10-19(11-9-17)30-16(2)26/h3-11,14H,12-13H2,1-2H3,(H,23,28)(H,24,27). The van der Waals surface area contributed by atoms with Crippen molar-refractivity contribution in [3.63, 3.8) is 0 Å². The highest BCUT2D eigenvalue weighted by atomic mass is 16.5. The molecule has 0 unspecified atom stereocenters. The van der Waals surface area contributed by atoms with Crippen molar-refractivity contribution in [1.29, 1.82) is 0 Å². The molecule has 0 atom stereocenters. The van der Waals surface area contributed by atoms with Crippen molar-refractivity contribution in [2.45, 2.75) is 13.8 Å². The van der Waals surface area contributed by atoms with Gasteiger partial charge in [-0.25, -0.2) is 0 Å². The Morgan fingerprint density at radius 1 is 0.900 bits per heavy atom. The third kappa shape index (κ3) is 7.59. The number of hydrogen-bond donors (Lipinski definition) is 2. The van der Waals surface area contributed by atoms with Crippen LogP contribution in [0, 0.1) is 0 Å². The molecular formula is C22H22N2O6. The molecule has 0 fully saturated rings. The minimum atomic E-state index is -0.546. The van der Waals surface area contributed by atoms with Gasteiger partial charge in [-0.1, -0.05) is 30.3 Å². The zero-order chi connectivity index (χ0) is 21.9. The van der Waals surface area contributed by atoms with Gasteiger partial charge < -0.3 is 20.1 Å². The number of hydrogen-bond acceptors (Lipinski definition) is 6. The lowest BCUT2D eigenvalue weighted by Crippen LogP contribution is -2.36. The van der Waals surface area contributed by atoms with Gasteiger partial charge in [0.15, 0.2) is 0 Å². The fourth-order valence-corrected chi connectivity index (χ4v) is 2.36. The van der Waals surface area contributed by atoms with Gasteiger partial charge in [0.2, 0.25) is 0 Å². The lowest BCUT2D eigenvalue weighted by atomic mass is 10.1. The first-order valence-corrected chi connectivity index (χ1v) is 9.13. The minimum absolute atomic E-state index is 0.00640. The Kier molecular flexibility index (Phi) is 8.31. The Labute approximate surface area is 173 Å². The molecule has 2 aromatic rings. The molecule has 0 saturated heterocycles. The molecule has 2 amide bonds. The number of amides is 2. The van der Waals surface area contributed by atoms with E-state index >= 15 is 0 Å². The number of carbonyl (C=O) groups excluding carboxylic acids is 4. The maximum atomic E-state index is 12.6. The summed E-state index contributed by atoms with van der Waals surface area (Å²) in [5.74, 6) is -1.53. The average molecular weight is 410 g/mol. The fraction of sp³-hybridized carbons (Fsp3) is 0.182. The summed E-state index contributed by atoms with van der Waals surface area (Å²) in [6, 6.07) is 14.9. The maximum Gasteiger partial charge on any atom is 0.308 e. The molecule has 0 spiro atoms. The van der Waals surface area contributed by atoms with Crippen LogP contribution < -0.4 is 15.4 Å². The number of nitrogens with one attached hydrogen (secondary N) is 2. The van der Waals surface area contributed by atoms with E-state index in [0.29, 0.717) is 16.9 Å². The molecule has 2 rings (SSSR count). The van der Waals surface area contributed by atoms with Gasteiger partial charge in [0.05, 0.1) is 6.54 Å². The van der Waals surface area contributed by atoms with Crippen molar-refractivity contribution in [3.05, 3.63) is 71.4 Å². The normalized spacial score (nSPS) is 10.7. The number of ether oxygens (including phenoxy) is 2. The topological polar surface area (TPSA) is 111 Å². The van der Waals surface area contributed by atoms with Gasteiger partial charge >= 0.3 is 11.9 Å². The minimum Gasteiger partial charge on any atom is -0.464 e. The van der Waals surface area contributed by atoms with Gasteiger partial charge in [-0.2, -0.15) is 0 Å². The molecule has 0 radical (unpaired) electrons. The summed E-state index contributed by atoms with van der Waals surface area (Å²) in [5.41, 5.74) is 0.998. The van der Waals surface area contributed by atoms with Crippen LogP contribution in [0.2, 0.25) is 0 Å². The molecule has 2 N–H and O–H groups in total. The van der Waals surface area contributed by atoms with Gasteiger partial charge in [0.25, 0.3) is 11.8 Å². The molecule has 0 bridgehead atoms. The van der Waals surface area contributed by atoms with E-state index in [0.717, 1.165) is 0 Å². The van der Waals surface area contributed by atoms with Crippen molar-refractivity contribution in [2.75, 3.05) is 13.2 Å². The zero-order valence-corrected chi connectivity index (χ0v) is 16.6. The van der Waals surface area contributed by atoms with Crippen molar-refractivity contribution in [3.8, 4) is 5.75 Å². The second-order valence-electron chi connectivity index (χ2n) is 6.14. The highest BCUT2D eigenvalue weighted by Gasteiger charge is 2.14. The van der Waals surface area contributed by atoms with E-state index in [1.54, 1.807) is 54.6 Å². The van der Waals surface area contributed by atoms with Crippen LogP contribution in [-0.2, 0) is 19.1 Å². The Morgan fingerprint density at radius 3 is 2.17 bits per heavy atom. The van der Waals surface area contributed by atoms with Crippen LogP contribution in [0.4, 0.5) is 0 Å². The first-order valence-electron chi connectivity index (χ1n) is 9.13. The summed E-state index contributed by atoms with van der Waals surface area (Å²) in [5, 5.41) is 5.18. The summed E-state index contributed by atoms with van der Waals surface area (Å²) in [7, 11) is 0. The first kappa shape index (κ1) is 22.4. The Bertz CT molecular complexity index is 936. The van der Waals surface area contributed by atoms with Crippen molar-refractivity contribution >= 4 is 29.8 Å². The van der Waals surface area contributed by atoms with E-state index in [-0.39, 0.29) is 18.8 Å². The Hall–Kier alpha value is -3.94. The van der Waals surface area contributed by atoms with Gasteiger partial charge in [-0.15, -0.1) is 0 Å². The second-order valence-corrected chi connectivity index (χ2v) is 6.14. The fourth-order valence-electron chi connectivity index (χ4n) is 2.36. The van der Waals surface area contributed by atoms with Crippen molar-refractivity contribution in [2.24, 2.45) is 0 Å². The van der Waals surface area contributed by atoms with Crippen LogP contribution in [0.1, 0.15) is 29.8 Å². The smallest absolute Gasteiger partial charge is 0.308 e.